The number of para-hydroxylation sites is 1. The molecule has 0 aliphatic carbocycles. The number of nitrogens with zero attached hydrogens (tertiary/aromatic N) is 2. The summed E-state index contributed by atoms with van der Waals surface area (Å²) in [5.74, 6) is -0.0958. The van der Waals surface area contributed by atoms with E-state index in [4.69, 9.17) is 4.42 Å². The highest BCUT2D eigenvalue weighted by atomic mass is 16.3. The molecule has 0 saturated heterocycles. The van der Waals surface area contributed by atoms with Crippen LogP contribution in [0.15, 0.2) is 58.0 Å². The summed E-state index contributed by atoms with van der Waals surface area (Å²) >= 11 is 0. The van der Waals surface area contributed by atoms with Crippen molar-refractivity contribution in [3.63, 3.8) is 0 Å². The van der Waals surface area contributed by atoms with Crippen LogP contribution in [0.2, 0.25) is 0 Å². The minimum atomic E-state index is -0.339. The fourth-order valence-corrected chi connectivity index (χ4v) is 3.38. The number of aryl methyl sites for hydroxylation is 2. The van der Waals surface area contributed by atoms with Crippen LogP contribution in [-0.2, 0) is 19.4 Å². The predicted octanol–water partition coefficient (Wildman–Crippen LogP) is 4.15. The minimum absolute atomic E-state index is 0.0566. The Balaban J connectivity index is 1.75. The number of ketones is 1. The smallest absolute Gasteiger partial charge is 0.297 e. The molecule has 0 bridgehead atoms. The second kappa shape index (κ2) is 6.83. The monoisotopic (exact) mass is 360 g/mol. The van der Waals surface area contributed by atoms with Crippen molar-refractivity contribution in [3.05, 3.63) is 75.8 Å². The Bertz CT molecular complexity index is 1220. The van der Waals surface area contributed by atoms with Gasteiger partial charge in [-0.25, -0.2) is 4.98 Å². The maximum atomic E-state index is 12.9. The van der Waals surface area contributed by atoms with Crippen molar-refractivity contribution in [2.24, 2.45) is 0 Å². The number of aromatic nitrogens is 2. The zero-order valence-corrected chi connectivity index (χ0v) is 15.4. The molecule has 136 valence electrons. The van der Waals surface area contributed by atoms with Crippen molar-refractivity contribution >= 4 is 27.9 Å². The summed E-state index contributed by atoms with van der Waals surface area (Å²) in [6.45, 7) is 4.02. The average molecular weight is 360 g/mol. The number of carbonyl (C=O) groups is 1. The fourth-order valence-electron chi connectivity index (χ4n) is 3.38. The lowest BCUT2D eigenvalue weighted by Crippen LogP contribution is -2.24. The Morgan fingerprint density at radius 1 is 1.11 bits per heavy atom. The van der Waals surface area contributed by atoms with Gasteiger partial charge >= 0.3 is 0 Å². The van der Waals surface area contributed by atoms with E-state index in [2.05, 4.69) is 11.9 Å². The SMILES string of the molecule is CCc1ccc(CC)c(C(=O)Cn2cnc3c(oc4ccccc43)c2=O)c1. The van der Waals surface area contributed by atoms with E-state index >= 15 is 0 Å². The van der Waals surface area contributed by atoms with E-state index in [1.807, 2.05) is 43.3 Å². The molecule has 0 N–H and O–H groups in total. The van der Waals surface area contributed by atoms with E-state index in [9.17, 15) is 9.59 Å². The van der Waals surface area contributed by atoms with Gasteiger partial charge in [0.1, 0.15) is 11.1 Å². The molecule has 0 radical (unpaired) electrons. The lowest BCUT2D eigenvalue weighted by molar-refractivity contribution is 0.0969. The lowest BCUT2D eigenvalue weighted by atomic mass is 9.97. The minimum Gasteiger partial charge on any atom is -0.448 e. The highest BCUT2D eigenvalue weighted by Gasteiger charge is 2.17. The molecule has 0 saturated carbocycles. The summed E-state index contributed by atoms with van der Waals surface area (Å²) in [6.07, 6.45) is 3.05. The van der Waals surface area contributed by atoms with Gasteiger partial charge in [-0.1, -0.05) is 38.1 Å². The van der Waals surface area contributed by atoms with Crippen LogP contribution in [0, 0.1) is 0 Å². The molecule has 2 heterocycles. The summed E-state index contributed by atoms with van der Waals surface area (Å²) in [5.41, 5.74) is 3.76. The van der Waals surface area contributed by atoms with E-state index in [-0.39, 0.29) is 23.5 Å². The lowest BCUT2D eigenvalue weighted by Gasteiger charge is -2.10. The van der Waals surface area contributed by atoms with Gasteiger partial charge in [-0.15, -0.1) is 0 Å². The first-order valence-corrected chi connectivity index (χ1v) is 9.14. The van der Waals surface area contributed by atoms with E-state index in [0.717, 1.165) is 29.4 Å². The van der Waals surface area contributed by atoms with Crippen LogP contribution >= 0.6 is 0 Å². The maximum absolute atomic E-state index is 12.9. The average Bonchev–Trinajstić information content (AvgIpc) is 3.09. The molecule has 0 unspecified atom stereocenters. The maximum Gasteiger partial charge on any atom is 0.297 e. The van der Waals surface area contributed by atoms with Crippen molar-refractivity contribution in [1.29, 1.82) is 0 Å². The van der Waals surface area contributed by atoms with Crippen molar-refractivity contribution in [1.82, 2.24) is 9.55 Å². The first kappa shape index (κ1) is 17.2. The third-order valence-electron chi connectivity index (χ3n) is 4.93. The number of carbonyl (C=O) groups excluding carboxylic acids is 1. The van der Waals surface area contributed by atoms with E-state index < -0.39 is 0 Å². The molecule has 0 atom stereocenters. The molecule has 4 aromatic rings. The number of benzene rings is 2. The van der Waals surface area contributed by atoms with Crippen LogP contribution in [0.4, 0.5) is 0 Å². The molecule has 5 heteroatoms. The zero-order valence-electron chi connectivity index (χ0n) is 15.4. The molecule has 4 rings (SSSR count). The Labute approximate surface area is 156 Å². The third-order valence-corrected chi connectivity index (χ3v) is 4.93. The molecular formula is C22H20N2O3. The molecular weight excluding hydrogens is 340 g/mol. The number of rotatable bonds is 5. The number of hydrogen-bond donors (Lipinski definition) is 0. The topological polar surface area (TPSA) is 65.1 Å². The molecule has 0 aliphatic rings. The summed E-state index contributed by atoms with van der Waals surface area (Å²) in [6, 6.07) is 13.4. The highest BCUT2D eigenvalue weighted by Crippen LogP contribution is 2.24. The highest BCUT2D eigenvalue weighted by molar-refractivity contribution is 6.02. The van der Waals surface area contributed by atoms with Gasteiger partial charge in [0.15, 0.2) is 5.78 Å². The molecule has 0 aliphatic heterocycles. The Morgan fingerprint density at radius 2 is 1.93 bits per heavy atom. The Hall–Kier alpha value is -3.21. The van der Waals surface area contributed by atoms with Crippen molar-refractivity contribution in [2.75, 3.05) is 0 Å². The van der Waals surface area contributed by atoms with Crippen LogP contribution in [0.3, 0.4) is 0 Å². The second-order valence-corrected chi connectivity index (χ2v) is 6.58. The van der Waals surface area contributed by atoms with Gasteiger partial charge < -0.3 is 4.42 Å². The Morgan fingerprint density at radius 3 is 2.70 bits per heavy atom. The fraction of sp³-hybridized carbons (Fsp3) is 0.227. The third kappa shape index (κ3) is 2.95. The van der Waals surface area contributed by atoms with Gasteiger partial charge in [-0.05, 0) is 42.2 Å². The quantitative estimate of drug-likeness (QED) is 0.502. The van der Waals surface area contributed by atoms with Crippen LogP contribution in [0.5, 0.6) is 0 Å². The molecule has 2 aromatic carbocycles. The summed E-state index contributed by atoms with van der Waals surface area (Å²) in [4.78, 5) is 30.1. The molecule has 0 fully saturated rings. The van der Waals surface area contributed by atoms with E-state index in [1.165, 1.54) is 10.9 Å². The summed E-state index contributed by atoms with van der Waals surface area (Å²) in [7, 11) is 0. The number of furan rings is 1. The van der Waals surface area contributed by atoms with E-state index in [0.29, 0.717) is 16.7 Å². The molecule has 27 heavy (non-hydrogen) atoms. The van der Waals surface area contributed by atoms with Gasteiger partial charge in [0, 0.05) is 10.9 Å². The second-order valence-electron chi connectivity index (χ2n) is 6.58. The van der Waals surface area contributed by atoms with Gasteiger partial charge in [0.25, 0.3) is 5.56 Å². The van der Waals surface area contributed by atoms with Crippen molar-refractivity contribution in [2.45, 2.75) is 33.2 Å². The van der Waals surface area contributed by atoms with Crippen LogP contribution < -0.4 is 5.56 Å². The van der Waals surface area contributed by atoms with Crippen molar-refractivity contribution < 1.29 is 9.21 Å². The number of hydrogen-bond acceptors (Lipinski definition) is 4. The standard InChI is InChI=1S/C22H20N2O3/c1-3-14-9-10-15(4-2)17(11-14)18(25)12-24-13-23-20-16-7-5-6-8-19(16)27-21(20)22(24)26/h5-11,13H,3-4,12H2,1-2H3. The number of fused-ring (bicyclic) bond motifs is 3. The molecule has 2 aromatic heterocycles. The first-order valence-electron chi connectivity index (χ1n) is 9.14. The van der Waals surface area contributed by atoms with Gasteiger partial charge in [0.2, 0.25) is 5.58 Å². The van der Waals surface area contributed by atoms with Gasteiger partial charge in [0.05, 0.1) is 12.9 Å². The summed E-state index contributed by atoms with van der Waals surface area (Å²) in [5, 5.41) is 0.798. The number of Topliss-reactive ketones (excluding diaryl/α,β-unsaturated/α-hetero) is 1. The summed E-state index contributed by atoms with van der Waals surface area (Å²) < 4.78 is 7.01. The molecule has 5 nitrogen and oxygen atoms in total. The van der Waals surface area contributed by atoms with Crippen molar-refractivity contribution in [3.8, 4) is 0 Å². The molecule has 0 spiro atoms. The predicted molar refractivity (Wildman–Crippen MR) is 105 cm³/mol. The molecule has 0 amide bonds. The van der Waals surface area contributed by atoms with Crippen LogP contribution in [0.25, 0.3) is 22.1 Å². The van der Waals surface area contributed by atoms with Gasteiger partial charge in [-0.2, -0.15) is 0 Å². The Kier molecular flexibility index (Phi) is 4.36. The van der Waals surface area contributed by atoms with E-state index in [1.54, 1.807) is 6.07 Å². The first-order chi connectivity index (χ1) is 13.1. The van der Waals surface area contributed by atoms with Crippen LogP contribution in [0.1, 0.15) is 35.3 Å². The van der Waals surface area contributed by atoms with Gasteiger partial charge in [-0.3, -0.25) is 14.2 Å². The normalized spacial score (nSPS) is 11.3. The zero-order chi connectivity index (χ0) is 19.0. The van der Waals surface area contributed by atoms with Crippen LogP contribution in [-0.4, -0.2) is 15.3 Å². The largest absolute Gasteiger partial charge is 0.448 e.